The molecule has 1 aromatic heterocycles. The van der Waals surface area contributed by atoms with Crippen LogP contribution >= 0.6 is 23.1 Å². The van der Waals surface area contributed by atoms with Gasteiger partial charge in [0.1, 0.15) is 24.0 Å². The highest BCUT2D eigenvalue weighted by Gasteiger charge is 2.20. The Hall–Kier alpha value is -3.86. The van der Waals surface area contributed by atoms with Crippen LogP contribution in [0.5, 0.6) is 5.75 Å². The fraction of sp³-hybridized carbons (Fsp3) is 0.143. The van der Waals surface area contributed by atoms with Gasteiger partial charge < -0.3 is 4.74 Å². The minimum atomic E-state index is -3.63. The first kappa shape index (κ1) is 25.8. The van der Waals surface area contributed by atoms with Gasteiger partial charge in [0, 0.05) is 17.6 Å². The lowest BCUT2D eigenvalue weighted by atomic mass is 10.1. The van der Waals surface area contributed by atoms with E-state index in [2.05, 4.69) is 14.7 Å². The number of ether oxygens (including phenoxy) is 1. The number of nitriles is 1. The number of carbonyl (C=O) groups is 1. The monoisotopic (exact) mass is 533 g/mol. The van der Waals surface area contributed by atoms with Gasteiger partial charge in [-0.15, -0.1) is 0 Å². The molecular weight excluding hydrogens is 518 g/mol. The molecule has 0 atom stereocenters. The summed E-state index contributed by atoms with van der Waals surface area (Å²) in [5, 5.41) is 22.6. The molecule has 0 radical (unpaired) electrons. The lowest BCUT2D eigenvalue weighted by Crippen LogP contribution is -2.13. The molecule has 0 aliphatic carbocycles. The van der Waals surface area contributed by atoms with Gasteiger partial charge >= 0.3 is 0 Å². The number of amides is 1. The van der Waals surface area contributed by atoms with Crippen LogP contribution in [0.4, 0.5) is 10.8 Å². The van der Waals surface area contributed by atoms with Gasteiger partial charge in [0.2, 0.25) is 15.0 Å². The van der Waals surface area contributed by atoms with Crippen LogP contribution in [0.25, 0.3) is 6.08 Å². The summed E-state index contributed by atoms with van der Waals surface area (Å²) in [4.78, 5) is 26.8. The van der Waals surface area contributed by atoms with E-state index in [-0.39, 0.29) is 39.5 Å². The van der Waals surface area contributed by atoms with Crippen LogP contribution in [0, 0.1) is 21.4 Å². The van der Waals surface area contributed by atoms with Gasteiger partial charge in [0.25, 0.3) is 16.8 Å². The van der Waals surface area contributed by atoms with Gasteiger partial charge in [-0.25, -0.2) is 8.42 Å². The van der Waals surface area contributed by atoms with Crippen LogP contribution < -0.4 is 10.1 Å². The number of nitro groups is 1. The zero-order chi connectivity index (χ0) is 25.6. The second-order valence-electron chi connectivity index (χ2n) is 6.77. The first-order chi connectivity index (χ1) is 16.6. The molecule has 1 heterocycles. The average molecular weight is 534 g/mol. The topological polar surface area (TPSA) is 165 Å². The van der Waals surface area contributed by atoms with E-state index >= 15 is 0 Å². The fourth-order valence-electron chi connectivity index (χ4n) is 2.69. The van der Waals surface area contributed by atoms with E-state index < -0.39 is 25.8 Å². The molecule has 0 saturated heterocycles. The van der Waals surface area contributed by atoms with Crippen molar-refractivity contribution in [2.75, 3.05) is 11.1 Å². The van der Waals surface area contributed by atoms with Crippen LogP contribution in [-0.4, -0.2) is 34.4 Å². The van der Waals surface area contributed by atoms with E-state index in [1.54, 1.807) is 30.3 Å². The van der Waals surface area contributed by atoms with Crippen molar-refractivity contribution in [3.63, 3.8) is 0 Å². The maximum absolute atomic E-state index is 12.4. The van der Waals surface area contributed by atoms with Crippen molar-refractivity contribution in [3.8, 4) is 11.8 Å². The van der Waals surface area contributed by atoms with Crippen LogP contribution in [0.2, 0.25) is 5.02 Å². The molecule has 0 aliphatic heterocycles. The molecule has 180 valence electrons. The third-order valence-corrected chi connectivity index (χ3v) is 7.03. The summed E-state index contributed by atoms with van der Waals surface area (Å²) in [6.45, 7) is 1.35. The predicted octanol–water partition coefficient (Wildman–Crippen LogP) is 4.02. The molecule has 0 bridgehead atoms. The summed E-state index contributed by atoms with van der Waals surface area (Å²) < 4.78 is 32.9. The summed E-state index contributed by atoms with van der Waals surface area (Å²) in [7, 11) is -3.63. The molecule has 11 nitrogen and oxygen atoms in total. The molecule has 0 saturated carbocycles. The Morgan fingerprint density at radius 2 is 2.09 bits per heavy atom. The normalized spacial score (nSPS) is 11.5. The standard InChI is InChI=1S/C21H16ClN5O6S2/c1-2-35(31,32)21-25-20(34-26-21)24-19(28)15(11-23)9-13-7-8-18(16(22)10-13)33-12-14-5-3-4-6-17(14)27(29)30/h3-10H,2,12H2,1H3,(H,24,25,26,28). The van der Waals surface area contributed by atoms with E-state index in [1.165, 1.54) is 31.2 Å². The molecule has 0 unspecified atom stereocenters. The van der Waals surface area contributed by atoms with Crippen molar-refractivity contribution in [3.05, 3.63) is 74.3 Å². The molecule has 2 aromatic carbocycles. The number of benzene rings is 2. The predicted molar refractivity (Wildman–Crippen MR) is 129 cm³/mol. The van der Waals surface area contributed by atoms with Crippen LogP contribution in [0.15, 0.2) is 53.2 Å². The van der Waals surface area contributed by atoms with E-state index in [0.29, 0.717) is 22.7 Å². The number of aromatic nitrogens is 2. The number of hydrogen-bond donors (Lipinski definition) is 1. The van der Waals surface area contributed by atoms with E-state index in [1.807, 2.05) is 0 Å². The second-order valence-corrected chi connectivity index (χ2v) is 10.1. The summed E-state index contributed by atoms with van der Waals surface area (Å²) in [6, 6.07) is 12.4. The largest absolute Gasteiger partial charge is 0.487 e. The van der Waals surface area contributed by atoms with E-state index in [0.717, 1.165) is 0 Å². The quantitative estimate of drug-likeness (QED) is 0.185. The number of nitro benzene ring substituents is 1. The summed E-state index contributed by atoms with van der Waals surface area (Å²) in [6.07, 6.45) is 1.28. The SMILES string of the molecule is CCS(=O)(=O)c1nsc(NC(=O)C(C#N)=Cc2ccc(OCc3ccccc3[N+](=O)[O-])c(Cl)c2)n1. The van der Waals surface area contributed by atoms with Crippen molar-refractivity contribution >= 4 is 55.8 Å². The number of nitrogens with zero attached hydrogens (tertiary/aromatic N) is 4. The van der Waals surface area contributed by atoms with Crippen molar-refractivity contribution in [2.24, 2.45) is 0 Å². The summed E-state index contributed by atoms with van der Waals surface area (Å²) in [5.74, 6) is -0.746. The van der Waals surface area contributed by atoms with Crippen molar-refractivity contribution in [1.82, 2.24) is 9.36 Å². The number of nitrogens with one attached hydrogen (secondary N) is 1. The molecule has 3 rings (SSSR count). The number of anilines is 1. The van der Waals surface area contributed by atoms with E-state index in [9.17, 15) is 28.6 Å². The van der Waals surface area contributed by atoms with Gasteiger partial charge in [-0.2, -0.15) is 14.6 Å². The Kier molecular flexibility index (Phi) is 8.13. The lowest BCUT2D eigenvalue weighted by molar-refractivity contribution is -0.385. The molecule has 0 fully saturated rings. The van der Waals surface area contributed by atoms with Crippen molar-refractivity contribution < 1.29 is 22.9 Å². The first-order valence-electron chi connectivity index (χ1n) is 9.79. The minimum Gasteiger partial charge on any atom is -0.487 e. The van der Waals surface area contributed by atoms with Crippen molar-refractivity contribution in [1.29, 1.82) is 5.26 Å². The van der Waals surface area contributed by atoms with Gasteiger partial charge in [0.05, 0.1) is 21.3 Å². The average Bonchev–Trinajstić information content (AvgIpc) is 3.31. The number of hydrogen-bond acceptors (Lipinski definition) is 10. The highest BCUT2D eigenvalue weighted by Crippen LogP contribution is 2.28. The van der Waals surface area contributed by atoms with Crippen LogP contribution in [0.3, 0.4) is 0 Å². The number of carbonyl (C=O) groups excluding carboxylic acids is 1. The number of halogens is 1. The zero-order valence-corrected chi connectivity index (χ0v) is 20.4. The number of rotatable bonds is 9. The second kappa shape index (κ2) is 11.0. The Balaban J connectivity index is 1.73. The molecule has 0 aliphatic rings. The smallest absolute Gasteiger partial charge is 0.276 e. The Labute approximate surface area is 208 Å². The van der Waals surface area contributed by atoms with E-state index in [4.69, 9.17) is 16.3 Å². The maximum atomic E-state index is 12.4. The number of para-hydroxylation sites is 1. The third kappa shape index (κ3) is 6.38. The van der Waals surface area contributed by atoms with Gasteiger partial charge in [-0.05, 0) is 29.8 Å². The third-order valence-electron chi connectivity index (χ3n) is 4.49. The van der Waals surface area contributed by atoms with Crippen LogP contribution in [-0.2, 0) is 21.2 Å². The summed E-state index contributed by atoms with van der Waals surface area (Å²) in [5.41, 5.74) is 0.409. The summed E-state index contributed by atoms with van der Waals surface area (Å²) >= 11 is 6.92. The highest BCUT2D eigenvalue weighted by molar-refractivity contribution is 7.91. The highest BCUT2D eigenvalue weighted by atomic mass is 35.5. The van der Waals surface area contributed by atoms with Gasteiger partial charge in [-0.3, -0.25) is 20.2 Å². The first-order valence-corrected chi connectivity index (χ1v) is 12.6. The molecule has 35 heavy (non-hydrogen) atoms. The Morgan fingerprint density at radius 3 is 2.74 bits per heavy atom. The lowest BCUT2D eigenvalue weighted by Gasteiger charge is -2.09. The maximum Gasteiger partial charge on any atom is 0.276 e. The van der Waals surface area contributed by atoms with Crippen molar-refractivity contribution in [2.45, 2.75) is 18.7 Å². The molecule has 0 spiro atoms. The van der Waals surface area contributed by atoms with Gasteiger partial charge in [0.15, 0.2) is 0 Å². The Morgan fingerprint density at radius 1 is 1.34 bits per heavy atom. The molecular formula is C21H16ClN5O6S2. The minimum absolute atomic E-state index is 0.0695. The molecule has 3 aromatic rings. The Bertz CT molecular complexity index is 1460. The van der Waals surface area contributed by atoms with Gasteiger partial charge in [-0.1, -0.05) is 36.7 Å². The molecule has 1 amide bonds. The zero-order valence-electron chi connectivity index (χ0n) is 18.0. The molecule has 1 N–H and O–H groups in total. The fourth-order valence-corrected chi connectivity index (χ4v) is 4.51. The number of sulfone groups is 1. The van der Waals surface area contributed by atoms with Crippen LogP contribution in [0.1, 0.15) is 18.1 Å². The molecule has 14 heteroatoms.